The highest BCUT2D eigenvalue weighted by molar-refractivity contribution is 6.32. The molecule has 108 valence electrons. The van der Waals surface area contributed by atoms with Crippen molar-refractivity contribution in [2.75, 3.05) is 6.54 Å². The van der Waals surface area contributed by atoms with Crippen LogP contribution in [0.4, 0.5) is 5.69 Å². The summed E-state index contributed by atoms with van der Waals surface area (Å²) < 4.78 is 0. The average Bonchev–Trinajstić information content (AvgIpc) is 3.17. The minimum absolute atomic E-state index is 0.0381. The number of halogens is 1. The number of nitrogens with one attached hydrogen (secondary N) is 1. The molecule has 1 amide bonds. The number of nitro groups is 1. The first-order chi connectivity index (χ1) is 9.47. The van der Waals surface area contributed by atoms with E-state index in [1.165, 1.54) is 18.2 Å². The Kier molecular flexibility index (Phi) is 4.28. The van der Waals surface area contributed by atoms with Crippen LogP contribution in [0.5, 0.6) is 0 Å². The summed E-state index contributed by atoms with van der Waals surface area (Å²) in [7, 11) is 0. The zero-order valence-electron chi connectivity index (χ0n) is 11.3. The number of carbonyl (C=O) groups excluding carboxylic acids is 1. The summed E-state index contributed by atoms with van der Waals surface area (Å²) in [6, 6.07) is 4.11. The van der Waals surface area contributed by atoms with Gasteiger partial charge in [0.1, 0.15) is 5.02 Å². The minimum atomic E-state index is -0.585. The second-order valence-electron chi connectivity index (χ2n) is 5.36. The molecule has 20 heavy (non-hydrogen) atoms. The van der Waals surface area contributed by atoms with Gasteiger partial charge in [-0.2, -0.15) is 0 Å². The van der Waals surface area contributed by atoms with Gasteiger partial charge in [0.15, 0.2) is 0 Å². The number of amides is 1. The van der Waals surface area contributed by atoms with Crippen molar-refractivity contribution in [3.05, 3.63) is 38.9 Å². The van der Waals surface area contributed by atoms with E-state index in [4.69, 9.17) is 11.6 Å². The molecule has 0 aliphatic heterocycles. The zero-order valence-corrected chi connectivity index (χ0v) is 12.1. The van der Waals surface area contributed by atoms with Crippen molar-refractivity contribution in [2.45, 2.75) is 32.6 Å². The molecule has 0 spiro atoms. The SMILES string of the molecule is CCCC1(CNC(=O)c2ccc(Cl)c([N+](=O)[O-])c2)CC1. The van der Waals surface area contributed by atoms with E-state index >= 15 is 0 Å². The molecule has 0 atom stereocenters. The Bertz CT molecular complexity index is 541. The predicted octanol–water partition coefficient (Wildman–Crippen LogP) is 3.56. The number of rotatable bonds is 6. The molecule has 0 aromatic heterocycles. The summed E-state index contributed by atoms with van der Waals surface area (Å²) in [5.41, 5.74) is 0.283. The lowest BCUT2D eigenvalue weighted by Gasteiger charge is -2.14. The third-order valence-electron chi connectivity index (χ3n) is 3.77. The molecule has 6 heteroatoms. The Balaban J connectivity index is 2.03. The van der Waals surface area contributed by atoms with E-state index in [-0.39, 0.29) is 27.6 Å². The van der Waals surface area contributed by atoms with Crippen LogP contribution in [-0.2, 0) is 0 Å². The molecule has 5 nitrogen and oxygen atoms in total. The van der Waals surface area contributed by atoms with Crippen molar-refractivity contribution in [3.63, 3.8) is 0 Å². The topological polar surface area (TPSA) is 72.2 Å². The number of hydrogen-bond acceptors (Lipinski definition) is 3. The Hall–Kier alpha value is -1.62. The highest BCUT2D eigenvalue weighted by Crippen LogP contribution is 2.48. The summed E-state index contributed by atoms with van der Waals surface area (Å²) in [4.78, 5) is 22.2. The van der Waals surface area contributed by atoms with Gasteiger partial charge in [-0.25, -0.2) is 0 Å². The number of carbonyl (C=O) groups is 1. The van der Waals surface area contributed by atoms with Crippen LogP contribution in [0.1, 0.15) is 43.0 Å². The Morgan fingerprint density at radius 1 is 1.50 bits per heavy atom. The predicted molar refractivity (Wildman–Crippen MR) is 77.0 cm³/mol. The van der Waals surface area contributed by atoms with Gasteiger partial charge in [-0.1, -0.05) is 24.9 Å². The molecule has 1 aliphatic rings. The summed E-state index contributed by atoms with van der Waals surface area (Å²) in [6.45, 7) is 2.76. The van der Waals surface area contributed by atoms with Crippen LogP contribution < -0.4 is 5.32 Å². The number of benzene rings is 1. The Morgan fingerprint density at radius 3 is 2.75 bits per heavy atom. The first-order valence-electron chi connectivity index (χ1n) is 6.69. The fourth-order valence-electron chi connectivity index (χ4n) is 2.39. The first kappa shape index (κ1) is 14.8. The van der Waals surface area contributed by atoms with Crippen LogP contribution in [0.15, 0.2) is 18.2 Å². The van der Waals surface area contributed by atoms with Crippen LogP contribution in [0.2, 0.25) is 5.02 Å². The van der Waals surface area contributed by atoms with Gasteiger partial charge in [-0.05, 0) is 36.8 Å². The lowest BCUT2D eigenvalue weighted by Crippen LogP contribution is -2.30. The molecule has 1 fully saturated rings. The van der Waals surface area contributed by atoms with Crippen molar-refractivity contribution >= 4 is 23.2 Å². The van der Waals surface area contributed by atoms with E-state index in [1.807, 2.05) is 0 Å². The standard InChI is InChI=1S/C14H17ClN2O3/c1-2-5-14(6-7-14)9-16-13(18)10-3-4-11(15)12(8-10)17(19)20/h3-4,8H,2,5-7,9H2,1H3,(H,16,18). The number of nitrogens with zero attached hydrogens (tertiary/aromatic N) is 1. The smallest absolute Gasteiger partial charge is 0.288 e. The van der Waals surface area contributed by atoms with Crippen molar-refractivity contribution in [1.29, 1.82) is 0 Å². The average molecular weight is 297 g/mol. The molecule has 0 radical (unpaired) electrons. The maximum Gasteiger partial charge on any atom is 0.288 e. The molecule has 0 saturated heterocycles. The highest BCUT2D eigenvalue weighted by atomic mass is 35.5. The van der Waals surface area contributed by atoms with Gasteiger partial charge >= 0.3 is 0 Å². The van der Waals surface area contributed by atoms with Crippen molar-refractivity contribution in [3.8, 4) is 0 Å². The van der Waals surface area contributed by atoms with Crippen LogP contribution in [0, 0.1) is 15.5 Å². The molecule has 1 saturated carbocycles. The van der Waals surface area contributed by atoms with Gasteiger partial charge in [0.2, 0.25) is 0 Å². The van der Waals surface area contributed by atoms with Crippen molar-refractivity contribution < 1.29 is 9.72 Å². The van der Waals surface area contributed by atoms with Gasteiger partial charge < -0.3 is 5.32 Å². The molecule has 0 unspecified atom stereocenters. The van der Waals surface area contributed by atoms with E-state index < -0.39 is 4.92 Å². The molecular weight excluding hydrogens is 280 g/mol. The van der Waals surface area contributed by atoms with Crippen LogP contribution in [-0.4, -0.2) is 17.4 Å². The molecule has 1 aromatic rings. The lowest BCUT2D eigenvalue weighted by atomic mass is 10.0. The van der Waals surface area contributed by atoms with E-state index in [2.05, 4.69) is 12.2 Å². The lowest BCUT2D eigenvalue weighted by molar-refractivity contribution is -0.384. The maximum atomic E-state index is 12.0. The monoisotopic (exact) mass is 296 g/mol. The quantitative estimate of drug-likeness (QED) is 0.644. The Labute approximate surface area is 122 Å². The number of hydrogen-bond donors (Lipinski definition) is 1. The molecule has 2 rings (SSSR count). The number of nitro benzene ring substituents is 1. The Morgan fingerprint density at radius 2 is 2.20 bits per heavy atom. The zero-order chi connectivity index (χ0) is 14.8. The molecular formula is C14H17ClN2O3. The molecule has 1 N–H and O–H groups in total. The normalized spacial score (nSPS) is 15.7. The largest absolute Gasteiger partial charge is 0.351 e. The summed E-state index contributed by atoms with van der Waals surface area (Å²) in [5.74, 6) is -0.285. The second kappa shape index (κ2) is 5.79. The summed E-state index contributed by atoms with van der Waals surface area (Å²) >= 11 is 5.72. The van der Waals surface area contributed by atoms with Gasteiger partial charge in [0, 0.05) is 18.2 Å². The maximum absolute atomic E-state index is 12.0. The third-order valence-corrected chi connectivity index (χ3v) is 4.09. The second-order valence-corrected chi connectivity index (χ2v) is 5.76. The van der Waals surface area contributed by atoms with Crippen molar-refractivity contribution in [2.24, 2.45) is 5.41 Å². The van der Waals surface area contributed by atoms with Gasteiger partial charge in [-0.15, -0.1) is 0 Å². The summed E-state index contributed by atoms with van der Waals surface area (Å²) in [5, 5.41) is 13.7. The van der Waals surface area contributed by atoms with Gasteiger partial charge in [-0.3, -0.25) is 14.9 Å². The van der Waals surface area contributed by atoms with Crippen LogP contribution >= 0.6 is 11.6 Å². The van der Waals surface area contributed by atoms with Gasteiger partial charge in [0.25, 0.3) is 11.6 Å². The fraction of sp³-hybridized carbons (Fsp3) is 0.500. The fourth-order valence-corrected chi connectivity index (χ4v) is 2.57. The van der Waals surface area contributed by atoms with Crippen molar-refractivity contribution in [1.82, 2.24) is 5.32 Å². The summed E-state index contributed by atoms with van der Waals surface area (Å²) in [6.07, 6.45) is 4.49. The van der Waals surface area contributed by atoms with E-state index in [9.17, 15) is 14.9 Å². The van der Waals surface area contributed by atoms with E-state index in [0.29, 0.717) is 6.54 Å². The minimum Gasteiger partial charge on any atom is -0.351 e. The van der Waals surface area contributed by atoms with E-state index in [0.717, 1.165) is 25.7 Å². The van der Waals surface area contributed by atoms with Gasteiger partial charge in [0.05, 0.1) is 4.92 Å². The van der Waals surface area contributed by atoms with Crippen LogP contribution in [0.3, 0.4) is 0 Å². The highest BCUT2D eigenvalue weighted by Gasteiger charge is 2.41. The first-order valence-corrected chi connectivity index (χ1v) is 7.07. The van der Waals surface area contributed by atoms with E-state index in [1.54, 1.807) is 0 Å². The van der Waals surface area contributed by atoms with Crippen LogP contribution in [0.25, 0.3) is 0 Å². The third kappa shape index (κ3) is 3.28. The molecule has 0 bridgehead atoms. The molecule has 1 aliphatic carbocycles. The molecule has 0 heterocycles. The molecule has 1 aromatic carbocycles.